The molecule has 1 aromatic carbocycles. The van der Waals surface area contributed by atoms with Gasteiger partial charge in [0.25, 0.3) is 5.91 Å². The molecule has 9 nitrogen and oxygen atoms in total. The Morgan fingerprint density at radius 2 is 1.78 bits per heavy atom. The van der Waals surface area contributed by atoms with Gasteiger partial charge in [0.15, 0.2) is 0 Å². The Hall–Kier alpha value is -3.15. The van der Waals surface area contributed by atoms with Gasteiger partial charge in [0.2, 0.25) is 5.91 Å². The number of benzene rings is 1. The minimum absolute atomic E-state index is 0.0138. The molecule has 0 aliphatic carbocycles. The number of pyridine rings is 1. The molecular formula is C25H27ClFN5O4S. The number of carbonyl (C=O) groups is 3. The second-order valence-corrected chi connectivity index (χ2v) is 11.0. The number of nitrogens with one attached hydrogen (secondary N) is 1. The van der Waals surface area contributed by atoms with Crippen LogP contribution in [-0.4, -0.2) is 58.9 Å². The summed E-state index contributed by atoms with van der Waals surface area (Å²) in [4.78, 5) is 45.8. The molecule has 3 amide bonds. The molecule has 0 radical (unpaired) electrons. The van der Waals surface area contributed by atoms with Gasteiger partial charge in [-0.2, -0.15) is 0 Å². The first-order valence-electron chi connectivity index (χ1n) is 11.5. The normalized spacial score (nSPS) is 15.2. The van der Waals surface area contributed by atoms with E-state index in [1.54, 1.807) is 37.8 Å². The van der Waals surface area contributed by atoms with Crippen LogP contribution in [0.15, 0.2) is 46.5 Å². The maximum atomic E-state index is 14.4. The molecule has 2 aromatic rings. The second kappa shape index (κ2) is 10.7. The van der Waals surface area contributed by atoms with Gasteiger partial charge < -0.3 is 19.9 Å². The smallest absolute Gasteiger partial charge is 0.410 e. The van der Waals surface area contributed by atoms with Crippen molar-refractivity contribution < 1.29 is 23.5 Å². The summed E-state index contributed by atoms with van der Waals surface area (Å²) in [6.07, 6.45) is 0.873. The molecule has 0 saturated heterocycles. The number of halogens is 2. The first-order valence-corrected chi connectivity index (χ1v) is 12.7. The largest absolute Gasteiger partial charge is 0.443 e. The van der Waals surface area contributed by atoms with Gasteiger partial charge in [-0.3, -0.25) is 19.7 Å². The van der Waals surface area contributed by atoms with Crippen molar-refractivity contribution in [2.75, 3.05) is 31.5 Å². The first kappa shape index (κ1) is 26.9. The number of amides is 3. The molecule has 0 atom stereocenters. The minimum atomic E-state index is -0.633. The Kier molecular flexibility index (Phi) is 7.77. The molecule has 3 heterocycles. The lowest BCUT2D eigenvalue weighted by molar-refractivity contribution is -0.123. The van der Waals surface area contributed by atoms with Crippen LogP contribution in [0.3, 0.4) is 0 Å². The molecule has 0 fully saturated rings. The van der Waals surface area contributed by atoms with Crippen LogP contribution in [0, 0.1) is 11.2 Å². The van der Waals surface area contributed by atoms with Gasteiger partial charge in [0.05, 0.1) is 16.3 Å². The Balaban J connectivity index is 1.33. The SMILES string of the molecule is CC(C)(C)C(=O)Nc1cc(Cl)cnc1COC(=O)N1CC2=C(C1)CN(C(=O)c1ccc(SN)cc1F)C2. The summed E-state index contributed by atoms with van der Waals surface area (Å²) < 4.78 is 19.8. The quantitative estimate of drug-likeness (QED) is 0.425. The van der Waals surface area contributed by atoms with E-state index in [-0.39, 0.29) is 18.1 Å². The van der Waals surface area contributed by atoms with Gasteiger partial charge in [-0.25, -0.2) is 9.18 Å². The molecule has 4 rings (SSSR count). The van der Waals surface area contributed by atoms with Crippen LogP contribution in [0.5, 0.6) is 0 Å². The topological polar surface area (TPSA) is 118 Å². The highest BCUT2D eigenvalue weighted by Crippen LogP contribution is 2.29. The number of rotatable bonds is 5. The van der Waals surface area contributed by atoms with Crippen molar-refractivity contribution in [1.29, 1.82) is 0 Å². The van der Waals surface area contributed by atoms with Gasteiger partial charge in [-0.15, -0.1) is 0 Å². The van der Waals surface area contributed by atoms with E-state index in [2.05, 4.69) is 10.3 Å². The molecular weight excluding hydrogens is 521 g/mol. The molecule has 0 spiro atoms. The van der Waals surface area contributed by atoms with Crippen LogP contribution in [0.1, 0.15) is 36.8 Å². The van der Waals surface area contributed by atoms with Crippen LogP contribution in [0.25, 0.3) is 0 Å². The highest BCUT2D eigenvalue weighted by molar-refractivity contribution is 7.97. The summed E-state index contributed by atoms with van der Waals surface area (Å²) in [5.74, 6) is -1.25. The second-order valence-electron chi connectivity index (χ2n) is 9.89. The van der Waals surface area contributed by atoms with Gasteiger partial charge >= 0.3 is 6.09 Å². The molecule has 196 valence electrons. The minimum Gasteiger partial charge on any atom is -0.443 e. The van der Waals surface area contributed by atoms with E-state index in [9.17, 15) is 18.8 Å². The third kappa shape index (κ3) is 6.06. The summed E-state index contributed by atoms with van der Waals surface area (Å²) in [6.45, 7) is 6.43. The Bertz CT molecular complexity index is 1280. The number of hydrogen-bond acceptors (Lipinski definition) is 7. The predicted octanol–water partition coefficient (Wildman–Crippen LogP) is 4.23. The van der Waals surface area contributed by atoms with Crippen molar-refractivity contribution in [3.8, 4) is 0 Å². The molecule has 3 N–H and O–H groups in total. The molecule has 0 saturated carbocycles. The summed E-state index contributed by atoms with van der Waals surface area (Å²) in [7, 11) is 0. The number of aromatic nitrogens is 1. The number of hydrogen-bond donors (Lipinski definition) is 2. The van der Waals surface area contributed by atoms with Crippen molar-refractivity contribution in [2.45, 2.75) is 32.3 Å². The van der Waals surface area contributed by atoms with E-state index in [4.69, 9.17) is 21.5 Å². The Morgan fingerprint density at radius 3 is 2.38 bits per heavy atom. The average molecular weight is 548 g/mol. The zero-order valence-electron chi connectivity index (χ0n) is 20.6. The monoisotopic (exact) mass is 547 g/mol. The van der Waals surface area contributed by atoms with Crippen molar-refractivity contribution in [3.05, 3.63) is 63.7 Å². The van der Waals surface area contributed by atoms with Crippen molar-refractivity contribution >= 4 is 47.1 Å². The van der Waals surface area contributed by atoms with E-state index in [1.807, 2.05) is 0 Å². The molecule has 0 unspecified atom stereocenters. The first-order chi connectivity index (χ1) is 17.5. The number of carbonyl (C=O) groups excluding carboxylic acids is 3. The lowest BCUT2D eigenvalue weighted by Crippen LogP contribution is -2.37. The Morgan fingerprint density at radius 1 is 1.14 bits per heavy atom. The number of nitrogens with two attached hydrogens (primary N) is 1. The van der Waals surface area contributed by atoms with Gasteiger partial charge in [-0.1, -0.05) is 32.4 Å². The third-order valence-corrected chi connectivity index (χ3v) is 6.81. The lowest BCUT2D eigenvalue weighted by Gasteiger charge is -2.23. The van der Waals surface area contributed by atoms with Gasteiger partial charge in [0, 0.05) is 42.7 Å². The predicted molar refractivity (Wildman–Crippen MR) is 138 cm³/mol. The highest BCUT2D eigenvalue weighted by Gasteiger charge is 2.35. The van der Waals surface area contributed by atoms with E-state index in [0.29, 0.717) is 47.5 Å². The fourth-order valence-corrected chi connectivity index (χ4v) is 4.46. The third-order valence-electron chi connectivity index (χ3n) is 6.08. The van der Waals surface area contributed by atoms with Crippen LogP contribution >= 0.6 is 23.5 Å². The maximum Gasteiger partial charge on any atom is 0.410 e. The Labute approximate surface area is 223 Å². The van der Waals surface area contributed by atoms with Crippen LogP contribution in [0.4, 0.5) is 14.9 Å². The van der Waals surface area contributed by atoms with E-state index in [1.165, 1.54) is 23.2 Å². The van der Waals surface area contributed by atoms with Gasteiger partial charge in [0.1, 0.15) is 18.1 Å². The average Bonchev–Trinajstić information content (AvgIpc) is 3.42. The van der Waals surface area contributed by atoms with E-state index in [0.717, 1.165) is 23.1 Å². The molecule has 2 aliphatic rings. The molecule has 37 heavy (non-hydrogen) atoms. The molecule has 12 heteroatoms. The maximum absolute atomic E-state index is 14.4. The van der Waals surface area contributed by atoms with E-state index >= 15 is 0 Å². The lowest BCUT2D eigenvalue weighted by atomic mass is 9.95. The van der Waals surface area contributed by atoms with Crippen LogP contribution in [-0.2, 0) is 16.1 Å². The number of ether oxygens (including phenoxy) is 1. The van der Waals surface area contributed by atoms with Crippen molar-refractivity contribution in [1.82, 2.24) is 14.8 Å². The molecule has 0 bridgehead atoms. The van der Waals surface area contributed by atoms with Crippen molar-refractivity contribution in [3.63, 3.8) is 0 Å². The summed E-state index contributed by atoms with van der Waals surface area (Å²) >= 11 is 6.95. The molecule has 2 aliphatic heterocycles. The summed E-state index contributed by atoms with van der Waals surface area (Å²) in [5, 5.41) is 8.58. The van der Waals surface area contributed by atoms with Crippen LogP contribution < -0.4 is 10.5 Å². The number of nitrogens with zero attached hydrogens (tertiary/aromatic N) is 3. The van der Waals surface area contributed by atoms with Crippen LogP contribution in [0.2, 0.25) is 5.02 Å². The standard InChI is InChI=1S/C25H27ClFN5O4S/c1-25(2,3)23(34)30-20-6-16(26)8-29-21(20)13-36-24(35)32-11-14-9-31(10-15(14)12-32)22(33)18-5-4-17(37-28)7-19(18)27/h4-8H,9-13,28H2,1-3H3,(H,30,34). The van der Waals surface area contributed by atoms with Crippen molar-refractivity contribution in [2.24, 2.45) is 10.6 Å². The highest BCUT2D eigenvalue weighted by atomic mass is 35.5. The summed E-state index contributed by atoms with van der Waals surface area (Å²) in [6, 6.07) is 5.83. The zero-order chi connectivity index (χ0) is 26.9. The fraction of sp³-hybridized carbons (Fsp3) is 0.360. The van der Waals surface area contributed by atoms with E-state index < -0.39 is 23.2 Å². The molecule has 1 aromatic heterocycles. The zero-order valence-corrected chi connectivity index (χ0v) is 22.2. The fourth-order valence-electron chi connectivity index (χ4n) is 3.99. The summed E-state index contributed by atoms with van der Waals surface area (Å²) in [5.41, 5.74) is 1.96. The van der Waals surface area contributed by atoms with Gasteiger partial charge in [-0.05, 0) is 47.4 Å². The number of anilines is 1.